The Morgan fingerprint density at radius 2 is 1.03 bits per heavy atom. The number of phosphoric acid groups is 1. The van der Waals surface area contributed by atoms with E-state index >= 15 is 0 Å². The fourth-order valence-electron chi connectivity index (χ4n) is 6.23. The average molecular weight is 923 g/mol. The summed E-state index contributed by atoms with van der Waals surface area (Å²) in [5.41, 5.74) is 0. The van der Waals surface area contributed by atoms with Crippen molar-refractivity contribution in [1.82, 2.24) is 0 Å². The summed E-state index contributed by atoms with van der Waals surface area (Å²) in [6.07, 6.45) is 33.7. The maximum absolute atomic E-state index is 12.8. The first kappa shape index (κ1) is 58.7. The van der Waals surface area contributed by atoms with Gasteiger partial charge in [-0.15, -0.1) is 0 Å². The molecule has 9 atom stereocenters. The van der Waals surface area contributed by atoms with Crippen LogP contribution in [0.5, 0.6) is 0 Å². The number of hydrogen-bond donors (Lipinski definition) is 7. The van der Waals surface area contributed by atoms with Gasteiger partial charge in [-0.05, 0) is 83.5 Å². The number of phosphoric ester groups is 1. The molecular weight excluding hydrogens is 843 g/mol. The van der Waals surface area contributed by atoms with Gasteiger partial charge in [0.25, 0.3) is 0 Å². The van der Waals surface area contributed by atoms with E-state index < -0.39 is 75.7 Å². The molecule has 0 saturated heterocycles. The van der Waals surface area contributed by atoms with E-state index in [2.05, 4.69) is 80.7 Å². The Balaban J connectivity index is 2.54. The Morgan fingerprint density at radius 1 is 0.562 bits per heavy atom. The first-order chi connectivity index (χ1) is 30.8. The standard InChI is InChI=1S/C49H79O14P/c1-3-5-7-8-9-10-11-12-13-14-15-16-20-23-26-29-32-36-42(51)60-38-41(39-61-64(58,59)63-49-47(56)45(54)44(53)46(55)48(49)57)62-43(52)37-33-30-27-24-21-18-17-19-22-25-28-31-35-40(50)34-6-4-2/h5,7,9-10,12-13,15-18,22,24-25,27,31,35,40-41,44-50,53-57H,3-4,6,8,11,14,19-21,23,26,28-30,32-34,36-39H2,1-2H3,(H,58,59)/b7-5-,10-9-,13-12-,16-15-,18-17-,25-22-,27-24-,35-31-/t40-,41-,44?,45-,46+,47-,48-,49?/m1/s1. The van der Waals surface area contributed by atoms with Crippen LogP contribution in [-0.2, 0) is 32.7 Å². The van der Waals surface area contributed by atoms with Crippen LogP contribution in [-0.4, -0.2) is 110 Å². The number of aliphatic hydroxyl groups excluding tert-OH is 6. The molecule has 0 aromatic rings. The van der Waals surface area contributed by atoms with Crippen molar-refractivity contribution in [2.45, 2.75) is 185 Å². The van der Waals surface area contributed by atoms with Crippen molar-refractivity contribution in [3.8, 4) is 0 Å². The molecule has 3 unspecified atom stereocenters. The van der Waals surface area contributed by atoms with Crippen LogP contribution in [0.25, 0.3) is 0 Å². The molecule has 14 nitrogen and oxygen atoms in total. The van der Waals surface area contributed by atoms with Crippen molar-refractivity contribution >= 4 is 19.8 Å². The van der Waals surface area contributed by atoms with Crippen molar-refractivity contribution < 1.29 is 68.2 Å². The number of hydrogen-bond acceptors (Lipinski definition) is 13. The number of esters is 2. The summed E-state index contributed by atoms with van der Waals surface area (Å²) in [4.78, 5) is 35.7. The Morgan fingerprint density at radius 3 is 1.58 bits per heavy atom. The van der Waals surface area contributed by atoms with Crippen molar-refractivity contribution in [3.05, 3.63) is 97.2 Å². The summed E-state index contributed by atoms with van der Waals surface area (Å²) >= 11 is 0. The van der Waals surface area contributed by atoms with Crippen LogP contribution < -0.4 is 0 Å². The second-order valence-corrected chi connectivity index (χ2v) is 17.1. The van der Waals surface area contributed by atoms with E-state index in [4.69, 9.17) is 18.5 Å². The minimum atomic E-state index is -5.16. The van der Waals surface area contributed by atoms with E-state index in [9.17, 15) is 49.7 Å². The summed E-state index contributed by atoms with van der Waals surface area (Å²) in [7, 11) is -5.16. The first-order valence-electron chi connectivity index (χ1n) is 23.1. The molecule has 364 valence electrons. The third-order valence-corrected chi connectivity index (χ3v) is 11.0. The Hall–Kier alpha value is -3.27. The summed E-state index contributed by atoms with van der Waals surface area (Å²) < 4.78 is 33.4. The lowest BCUT2D eigenvalue weighted by molar-refractivity contribution is -0.220. The van der Waals surface area contributed by atoms with Gasteiger partial charge in [-0.1, -0.05) is 137 Å². The van der Waals surface area contributed by atoms with Crippen LogP contribution in [0, 0.1) is 0 Å². The molecule has 0 aromatic heterocycles. The summed E-state index contributed by atoms with van der Waals surface area (Å²) in [5, 5.41) is 60.0. The SMILES string of the molecule is CC/C=C\C/C=C\C/C=C\C/C=C\CCCCCCC(=O)OC[C@H](COP(=O)(O)OC1[C@H](O)[C@H](O)C(O)[C@H](O)[C@H]1O)OC(=O)CCC/C=C\C/C=C\C/C=C\C/C=C\[C@H](O)CCCC. The highest BCUT2D eigenvalue weighted by molar-refractivity contribution is 7.47. The minimum absolute atomic E-state index is 0.00768. The Labute approximate surface area is 382 Å². The van der Waals surface area contributed by atoms with Crippen LogP contribution in [0.3, 0.4) is 0 Å². The van der Waals surface area contributed by atoms with E-state index in [1.165, 1.54) is 0 Å². The quantitative estimate of drug-likeness (QED) is 0.0137. The smallest absolute Gasteiger partial charge is 0.462 e. The van der Waals surface area contributed by atoms with E-state index in [0.717, 1.165) is 89.9 Å². The topological polar surface area (TPSA) is 230 Å². The zero-order valence-electron chi connectivity index (χ0n) is 38.1. The molecule has 0 radical (unpaired) electrons. The second-order valence-electron chi connectivity index (χ2n) is 15.7. The molecule has 1 aliphatic carbocycles. The summed E-state index contributed by atoms with van der Waals surface area (Å²) in [6.45, 7) is 2.94. The minimum Gasteiger partial charge on any atom is -0.462 e. The van der Waals surface area contributed by atoms with E-state index in [0.29, 0.717) is 19.3 Å². The van der Waals surface area contributed by atoms with Gasteiger partial charge in [-0.3, -0.25) is 18.6 Å². The monoisotopic (exact) mass is 923 g/mol. The number of ether oxygens (including phenoxy) is 2. The van der Waals surface area contributed by atoms with Crippen LogP contribution in [0.2, 0.25) is 0 Å². The van der Waals surface area contributed by atoms with Gasteiger partial charge in [0.1, 0.15) is 43.2 Å². The van der Waals surface area contributed by atoms with Gasteiger partial charge in [-0.25, -0.2) is 4.57 Å². The molecule has 0 aliphatic heterocycles. The lowest BCUT2D eigenvalue weighted by Crippen LogP contribution is -2.64. The van der Waals surface area contributed by atoms with E-state index in [1.807, 2.05) is 30.4 Å². The predicted octanol–water partition coefficient (Wildman–Crippen LogP) is 8.02. The number of allylic oxidation sites excluding steroid dienone is 15. The van der Waals surface area contributed by atoms with Crippen LogP contribution in [0.15, 0.2) is 97.2 Å². The number of rotatable bonds is 36. The van der Waals surface area contributed by atoms with Crippen LogP contribution in [0.4, 0.5) is 0 Å². The Kier molecular flexibility index (Phi) is 34.8. The van der Waals surface area contributed by atoms with Crippen molar-refractivity contribution in [1.29, 1.82) is 0 Å². The molecule has 0 bridgehead atoms. The van der Waals surface area contributed by atoms with Crippen molar-refractivity contribution in [2.75, 3.05) is 13.2 Å². The summed E-state index contributed by atoms with van der Waals surface area (Å²) in [6, 6.07) is 0. The highest BCUT2D eigenvalue weighted by atomic mass is 31.2. The van der Waals surface area contributed by atoms with Gasteiger partial charge in [0.05, 0.1) is 12.7 Å². The second kappa shape index (κ2) is 37.9. The largest absolute Gasteiger partial charge is 0.472 e. The lowest BCUT2D eigenvalue weighted by Gasteiger charge is -2.41. The third-order valence-electron chi connectivity index (χ3n) is 9.98. The fourth-order valence-corrected chi connectivity index (χ4v) is 7.20. The Bertz CT molecular complexity index is 1500. The molecule has 15 heteroatoms. The molecule has 1 fully saturated rings. The number of carbonyl (C=O) groups is 2. The summed E-state index contributed by atoms with van der Waals surface area (Å²) in [5.74, 6) is -1.23. The average Bonchev–Trinajstić information content (AvgIpc) is 3.27. The van der Waals surface area contributed by atoms with Crippen LogP contribution >= 0.6 is 7.82 Å². The van der Waals surface area contributed by atoms with E-state index in [1.54, 1.807) is 0 Å². The fraction of sp³-hybridized carbons (Fsp3) is 0.633. The zero-order chi connectivity index (χ0) is 47.3. The molecule has 0 spiro atoms. The van der Waals surface area contributed by atoms with Crippen molar-refractivity contribution in [2.24, 2.45) is 0 Å². The number of unbranched alkanes of at least 4 members (excludes halogenated alkanes) is 6. The van der Waals surface area contributed by atoms with Gasteiger partial charge in [0.15, 0.2) is 6.10 Å². The predicted molar refractivity (Wildman–Crippen MR) is 250 cm³/mol. The number of carbonyl (C=O) groups excluding carboxylic acids is 2. The van der Waals surface area contributed by atoms with Gasteiger partial charge in [0, 0.05) is 12.8 Å². The van der Waals surface area contributed by atoms with Gasteiger partial charge < -0.3 is 45.0 Å². The number of aliphatic hydroxyl groups is 6. The van der Waals surface area contributed by atoms with Crippen LogP contribution in [0.1, 0.15) is 136 Å². The van der Waals surface area contributed by atoms with Gasteiger partial charge >= 0.3 is 19.8 Å². The normalized spacial score (nSPS) is 23.0. The molecule has 0 aromatic carbocycles. The van der Waals surface area contributed by atoms with Crippen molar-refractivity contribution in [3.63, 3.8) is 0 Å². The third kappa shape index (κ3) is 30.0. The lowest BCUT2D eigenvalue weighted by atomic mass is 9.85. The molecule has 64 heavy (non-hydrogen) atoms. The maximum Gasteiger partial charge on any atom is 0.472 e. The van der Waals surface area contributed by atoms with Gasteiger partial charge in [0.2, 0.25) is 0 Å². The first-order valence-corrected chi connectivity index (χ1v) is 24.6. The van der Waals surface area contributed by atoms with Gasteiger partial charge in [-0.2, -0.15) is 0 Å². The molecule has 0 heterocycles. The molecule has 1 aliphatic rings. The molecule has 1 rings (SSSR count). The molecule has 0 amide bonds. The van der Waals surface area contributed by atoms with E-state index in [-0.39, 0.29) is 18.9 Å². The zero-order valence-corrected chi connectivity index (χ0v) is 39.0. The molecular formula is C49H79O14P. The molecule has 1 saturated carbocycles. The highest BCUT2D eigenvalue weighted by Gasteiger charge is 2.51. The maximum atomic E-state index is 12.8. The molecule has 7 N–H and O–H groups in total. The highest BCUT2D eigenvalue weighted by Crippen LogP contribution is 2.47.